The molecule has 2 rings (SSSR count). The minimum atomic E-state index is -0.203. The van der Waals surface area contributed by atoms with Crippen LogP contribution in [0.2, 0.25) is 0 Å². The number of aromatic nitrogens is 2. The fourth-order valence-corrected chi connectivity index (χ4v) is 2.42. The van der Waals surface area contributed by atoms with Crippen molar-refractivity contribution in [1.29, 1.82) is 0 Å². The van der Waals surface area contributed by atoms with Crippen molar-refractivity contribution in [2.45, 2.75) is 13.8 Å². The first-order valence-electron chi connectivity index (χ1n) is 7.13. The van der Waals surface area contributed by atoms with Crippen LogP contribution in [0.1, 0.15) is 24.3 Å². The number of hydrogen-bond donors (Lipinski definition) is 1. The molecule has 1 fully saturated rings. The number of rotatable bonds is 4. The van der Waals surface area contributed by atoms with Crippen LogP contribution in [0, 0.1) is 5.92 Å². The lowest BCUT2D eigenvalue weighted by atomic mass is 10.2. The first-order chi connectivity index (χ1) is 9.60. The molecule has 2 heterocycles. The van der Waals surface area contributed by atoms with E-state index in [9.17, 15) is 4.79 Å². The largest absolute Gasteiger partial charge is 0.354 e. The van der Waals surface area contributed by atoms with Gasteiger partial charge in [-0.05, 0) is 18.1 Å². The van der Waals surface area contributed by atoms with E-state index in [1.165, 1.54) is 0 Å². The molecule has 110 valence electrons. The van der Waals surface area contributed by atoms with Gasteiger partial charge in [0.25, 0.3) is 5.91 Å². The van der Waals surface area contributed by atoms with Crippen molar-refractivity contribution < 1.29 is 4.79 Å². The predicted molar refractivity (Wildman–Crippen MR) is 78.9 cm³/mol. The number of nitrogens with one attached hydrogen (secondary N) is 1. The summed E-state index contributed by atoms with van der Waals surface area (Å²) in [5.74, 6) is 1.35. The SMILES string of the molecule is CNC(=O)c1ccc(N2CCN(CC(C)C)CC2)nn1. The third-order valence-electron chi connectivity index (χ3n) is 3.43. The van der Waals surface area contributed by atoms with Gasteiger partial charge in [0.1, 0.15) is 0 Å². The van der Waals surface area contributed by atoms with Gasteiger partial charge in [0.2, 0.25) is 0 Å². The second-order valence-corrected chi connectivity index (χ2v) is 5.54. The number of nitrogens with zero attached hydrogens (tertiary/aromatic N) is 4. The van der Waals surface area contributed by atoms with Crippen molar-refractivity contribution in [3.05, 3.63) is 17.8 Å². The van der Waals surface area contributed by atoms with Crippen molar-refractivity contribution in [3.63, 3.8) is 0 Å². The molecule has 0 aromatic carbocycles. The molecule has 0 aliphatic carbocycles. The lowest BCUT2D eigenvalue weighted by Crippen LogP contribution is -2.47. The van der Waals surface area contributed by atoms with Crippen LogP contribution in [0.3, 0.4) is 0 Å². The number of carbonyl (C=O) groups excluding carboxylic acids is 1. The van der Waals surface area contributed by atoms with E-state index in [0.717, 1.165) is 38.5 Å². The molecule has 0 unspecified atom stereocenters. The van der Waals surface area contributed by atoms with Crippen LogP contribution in [0.4, 0.5) is 5.82 Å². The standard InChI is InChI=1S/C14H23N5O/c1-11(2)10-18-6-8-19(9-7-18)13-5-4-12(16-17-13)14(20)15-3/h4-5,11H,6-10H2,1-3H3,(H,15,20). The molecular formula is C14H23N5O. The fourth-order valence-electron chi connectivity index (χ4n) is 2.42. The third-order valence-corrected chi connectivity index (χ3v) is 3.43. The van der Waals surface area contributed by atoms with Crippen LogP contribution in [-0.4, -0.2) is 60.8 Å². The summed E-state index contributed by atoms with van der Waals surface area (Å²) in [5.41, 5.74) is 0.356. The smallest absolute Gasteiger partial charge is 0.271 e. The van der Waals surface area contributed by atoms with Crippen molar-refractivity contribution in [3.8, 4) is 0 Å². The zero-order valence-electron chi connectivity index (χ0n) is 12.5. The Morgan fingerprint density at radius 1 is 1.25 bits per heavy atom. The summed E-state index contributed by atoms with van der Waals surface area (Å²) >= 11 is 0. The molecule has 20 heavy (non-hydrogen) atoms. The topological polar surface area (TPSA) is 61.4 Å². The minimum absolute atomic E-state index is 0.203. The molecule has 1 amide bonds. The highest BCUT2D eigenvalue weighted by atomic mass is 16.1. The Morgan fingerprint density at radius 2 is 1.95 bits per heavy atom. The van der Waals surface area contributed by atoms with Gasteiger partial charge in [-0.1, -0.05) is 13.8 Å². The summed E-state index contributed by atoms with van der Waals surface area (Å²) in [4.78, 5) is 16.1. The molecule has 6 heteroatoms. The number of carbonyl (C=O) groups is 1. The van der Waals surface area contributed by atoms with Gasteiger partial charge < -0.3 is 10.2 Å². The van der Waals surface area contributed by atoms with E-state index in [1.807, 2.05) is 6.07 Å². The van der Waals surface area contributed by atoms with E-state index in [1.54, 1.807) is 13.1 Å². The van der Waals surface area contributed by atoms with Crippen molar-refractivity contribution in [2.24, 2.45) is 5.92 Å². The Bertz CT molecular complexity index is 437. The lowest BCUT2D eigenvalue weighted by Gasteiger charge is -2.35. The van der Waals surface area contributed by atoms with Crippen LogP contribution >= 0.6 is 0 Å². The molecule has 0 radical (unpaired) electrons. The minimum Gasteiger partial charge on any atom is -0.354 e. The Balaban J connectivity index is 1.92. The third kappa shape index (κ3) is 3.66. The van der Waals surface area contributed by atoms with Crippen molar-refractivity contribution >= 4 is 11.7 Å². The second-order valence-electron chi connectivity index (χ2n) is 5.54. The van der Waals surface area contributed by atoms with Gasteiger partial charge in [0.15, 0.2) is 11.5 Å². The highest BCUT2D eigenvalue weighted by Crippen LogP contribution is 2.13. The maximum absolute atomic E-state index is 11.4. The molecular weight excluding hydrogens is 254 g/mol. The predicted octanol–water partition coefficient (Wildman–Crippen LogP) is 0.614. The van der Waals surface area contributed by atoms with E-state index in [4.69, 9.17) is 0 Å². The summed E-state index contributed by atoms with van der Waals surface area (Å²) < 4.78 is 0. The zero-order valence-corrected chi connectivity index (χ0v) is 12.5. The van der Waals surface area contributed by atoms with Crippen molar-refractivity contribution in [2.75, 3.05) is 44.7 Å². The van der Waals surface area contributed by atoms with E-state index in [-0.39, 0.29) is 5.91 Å². The van der Waals surface area contributed by atoms with Crippen LogP contribution < -0.4 is 10.2 Å². The molecule has 0 saturated carbocycles. The summed E-state index contributed by atoms with van der Waals surface area (Å²) in [5, 5.41) is 10.7. The average Bonchev–Trinajstić information content (AvgIpc) is 2.47. The quantitative estimate of drug-likeness (QED) is 0.874. The van der Waals surface area contributed by atoms with Gasteiger partial charge in [-0.2, -0.15) is 0 Å². The van der Waals surface area contributed by atoms with E-state index in [0.29, 0.717) is 11.6 Å². The average molecular weight is 277 g/mol. The lowest BCUT2D eigenvalue weighted by molar-refractivity contribution is 0.0957. The normalized spacial score (nSPS) is 16.5. The van der Waals surface area contributed by atoms with E-state index >= 15 is 0 Å². The molecule has 1 saturated heterocycles. The Kier molecular flexibility index (Phi) is 4.89. The van der Waals surface area contributed by atoms with Gasteiger partial charge in [0.05, 0.1) is 0 Å². The molecule has 1 aromatic heterocycles. The first-order valence-corrected chi connectivity index (χ1v) is 7.13. The van der Waals surface area contributed by atoms with Gasteiger partial charge in [0, 0.05) is 39.8 Å². The second kappa shape index (κ2) is 6.65. The molecule has 0 atom stereocenters. The highest BCUT2D eigenvalue weighted by molar-refractivity contribution is 5.91. The summed E-state index contributed by atoms with van der Waals surface area (Å²) in [7, 11) is 1.59. The van der Waals surface area contributed by atoms with Gasteiger partial charge in [-0.15, -0.1) is 10.2 Å². The molecule has 1 N–H and O–H groups in total. The van der Waals surface area contributed by atoms with Crippen LogP contribution in [0.5, 0.6) is 0 Å². The van der Waals surface area contributed by atoms with Crippen molar-refractivity contribution in [1.82, 2.24) is 20.4 Å². The fraction of sp³-hybridized carbons (Fsp3) is 0.643. The molecule has 0 bridgehead atoms. The monoisotopic (exact) mass is 277 g/mol. The molecule has 1 aromatic rings. The maximum Gasteiger partial charge on any atom is 0.271 e. The van der Waals surface area contributed by atoms with Gasteiger partial charge in [-0.25, -0.2) is 0 Å². The first kappa shape index (κ1) is 14.7. The summed E-state index contributed by atoms with van der Waals surface area (Å²) in [6.07, 6.45) is 0. The van der Waals surface area contributed by atoms with E-state index < -0.39 is 0 Å². The number of amides is 1. The summed E-state index contributed by atoms with van der Waals surface area (Å²) in [6.45, 7) is 9.66. The molecule has 1 aliphatic rings. The number of piperazine rings is 1. The number of hydrogen-bond acceptors (Lipinski definition) is 5. The maximum atomic E-state index is 11.4. The Morgan fingerprint density at radius 3 is 2.45 bits per heavy atom. The van der Waals surface area contributed by atoms with Gasteiger partial charge >= 0.3 is 0 Å². The van der Waals surface area contributed by atoms with Crippen LogP contribution in [0.15, 0.2) is 12.1 Å². The Labute approximate surface area is 120 Å². The number of anilines is 1. The van der Waals surface area contributed by atoms with Gasteiger partial charge in [-0.3, -0.25) is 9.69 Å². The summed E-state index contributed by atoms with van der Waals surface area (Å²) in [6, 6.07) is 3.59. The Hall–Kier alpha value is -1.69. The van der Waals surface area contributed by atoms with Crippen LogP contribution in [0.25, 0.3) is 0 Å². The highest BCUT2D eigenvalue weighted by Gasteiger charge is 2.19. The molecule has 0 spiro atoms. The molecule has 1 aliphatic heterocycles. The zero-order chi connectivity index (χ0) is 14.5. The molecule has 6 nitrogen and oxygen atoms in total. The van der Waals surface area contributed by atoms with E-state index in [2.05, 4.69) is 39.2 Å². The van der Waals surface area contributed by atoms with Crippen LogP contribution in [-0.2, 0) is 0 Å².